The van der Waals surface area contributed by atoms with Gasteiger partial charge in [-0.1, -0.05) is 0 Å². The lowest BCUT2D eigenvalue weighted by molar-refractivity contribution is 1.23. The second-order valence-corrected chi connectivity index (χ2v) is 4.08. The quantitative estimate of drug-likeness (QED) is 0.503. The Morgan fingerprint density at radius 1 is 1.19 bits per heavy atom. The molecule has 84 valence electrons. The van der Waals surface area contributed by atoms with Gasteiger partial charge in [-0.05, 0) is 43.5 Å². The number of fused-ring (bicyclic) bond motifs is 1. The average molecular weight is 217 g/mol. The Morgan fingerprint density at radius 3 is 2.50 bits per heavy atom. The summed E-state index contributed by atoms with van der Waals surface area (Å²) in [7, 11) is 0. The fourth-order valence-corrected chi connectivity index (χ4v) is 2.15. The molecule has 0 unspecified atom stereocenters. The van der Waals surface area contributed by atoms with Gasteiger partial charge >= 0.3 is 0 Å². The summed E-state index contributed by atoms with van der Waals surface area (Å²) in [6.07, 6.45) is 0. The normalized spacial score (nSPS) is 10.8. The molecule has 4 nitrogen and oxygen atoms in total. The zero-order valence-electron chi connectivity index (χ0n) is 9.64. The highest BCUT2D eigenvalue weighted by Crippen LogP contribution is 2.28. The predicted octanol–water partition coefficient (Wildman–Crippen LogP) is 1.74. The molecule has 0 aliphatic rings. The molecule has 1 aromatic heterocycles. The summed E-state index contributed by atoms with van der Waals surface area (Å²) in [4.78, 5) is 14.3. The van der Waals surface area contributed by atoms with Crippen molar-refractivity contribution in [3.8, 4) is 0 Å². The van der Waals surface area contributed by atoms with Gasteiger partial charge in [0.1, 0.15) is 0 Å². The molecule has 2 aromatic rings. The summed E-state index contributed by atoms with van der Waals surface area (Å²) in [5.74, 6) is 5.47. The fraction of sp³-hybridized carbons (Fsp3) is 0.250. The van der Waals surface area contributed by atoms with E-state index in [0.717, 1.165) is 33.3 Å². The summed E-state index contributed by atoms with van der Waals surface area (Å²) in [6.45, 7) is 5.88. The highest BCUT2D eigenvalue weighted by Gasteiger charge is 2.09. The van der Waals surface area contributed by atoms with E-state index in [9.17, 15) is 4.79 Å². The Kier molecular flexibility index (Phi) is 2.44. The van der Waals surface area contributed by atoms with E-state index in [1.54, 1.807) is 6.07 Å². The lowest BCUT2D eigenvalue weighted by Gasteiger charge is -2.13. The van der Waals surface area contributed by atoms with E-state index < -0.39 is 0 Å². The second kappa shape index (κ2) is 3.64. The molecule has 0 bridgehead atoms. The lowest BCUT2D eigenvalue weighted by atomic mass is 10.00. The minimum Gasteiger partial charge on any atom is -0.324 e. The van der Waals surface area contributed by atoms with Crippen LogP contribution in [-0.4, -0.2) is 4.98 Å². The summed E-state index contributed by atoms with van der Waals surface area (Å²) in [6, 6.07) is 3.54. The minimum absolute atomic E-state index is 0.0686. The molecule has 0 aliphatic heterocycles. The molecule has 0 atom stereocenters. The van der Waals surface area contributed by atoms with Crippen molar-refractivity contribution < 1.29 is 0 Å². The van der Waals surface area contributed by atoms with Gasteiger partial charge < -0.3 is 10.4 Å². The Balaban J connectivity index is 3.01. The van der Waals surface area contributed by atoms with Gasteiger partial charge in [-0.2, -0.15) is 0 Å². The molecule has 1 aromatic carbocycles. The first-order chi connectivity index (χ1) is 7.54. The first kappa shape index (κ1) is 10.7. The molecule has 0 saturated carbocycles. The van der Waals surface area contributed by atoms with Crippen molar-refractivity contribution in [1.29, 1.82) is 0 Å². The maximum atomic E-state index is 11.4. The maximum absolute atomic E-state index is 11.4. The molecular weight excluding hydrogens is 202 g/mol. The van der Waals surface area contributed by atoms with Crippen LogP contribution in [0.15, 0.2) is 16.9 Å². The number of H-pyrrole nitrogens is 1. The summed E-state index contributed by atoms with van der Waals surface area (Å²) in [5, 5.41) is 1.06. The molecule has 0 spiro atoms. The Morgan fingerprint density at radius 2 is 1.88 bits per heavy atom. The molecular formula is C12H15N3O. The molecule has 1 heterocycles. The van der Waals surface area contributed by atoms with Crippen LogP contribution in [0.5, 0.6) is 0 Å². The van der Waals surface area contributed by atoms with Crippen molar-refractivity contribution in [2.24, 2.45) is 5.84 Å². The van der Waals surface area contributed by atoms with Crippen molar-refractivity contribution in [3.63, 3.8) is 0 Å². The Bertz CT molecular complexity index is 614. The highest BCUT2D eigenvalue weighted by molar-refractivity contribution is 5.91. The van der Waals surface area contributed by atoms with E-state index in [1.165, 1.54) is 0 Å². The predicted molar refractivity (Wildman–Crippen MR) is 66.6 cm³/mol. The molecule has 4 N–H and O–H groups in total. The van der Waals surface area contributed by atoms with Crippen LogP contribution in [0.4, 0.5) is 5.69 Å². The fourth-order valence-electron chi connectivity index (χ4n) is 2.15. The molecule has 0 saturated heterocycles. The maximum Gasteiger partial charge on any atom is 0.248 e. The van der Waals surface area contributed by atoms with Crippen molar-refractivity contribution in [1.82, 2.24) is 4.98 Å². The van der Waals surface area contributed by atoms with Gasteiger partial charge in [-0.3, -0.25) is 10.6 Å². The van der Waals surface area contributed by atoms with Gasteiger partial charge in [0, 0.05) is 11.5 Å². The topological polar surface area (TPSA) is 70.9 Å². The molecule has 2 rings (SSSR count). The molecule has 0 fully saturated rings. The van der Waals surface area contributed by atoms with Crippen LogP contribution in [0.1, 0.15) is 16.7 Å². The lowest BCUT2D eigenvalue weighted by Crippen LogP contribution is -2.11. The van der Waals surface area contributed by atoms with E-state index in [-0.39, 0.29) is 5.56 Å². The third-order valence-corrected chi connectivity index (χ3v) is 2.93. The highest BCUT2D eigenvalue weighted by atomic mass is 16.1. The van der Waals surface area contributed by atoms with Crippen molar-refractivity contribution in [2.45, 2.75) is 20.8 Å². The molecule has 16 heavy (non-hydrogen) atoms. The van der Waals surface area contributed by atoms with Crippen molar-refractivity contribution in [2.75, 3.05) is 5.43 Å². The first-order valence-electron chi connectivity index (χ1n) is 5.15. The van der Waals surface area contributed by atoms with Gasteiger partial charge in [0.2, 0.25) is 5.56 Å². The van der Waals surface area contributed by atoms with Gasteiger partial charge in [0.25, 0.3) is 0 Å². The molecule has 0 aliphatic carbocycles. The van der Waals surface area contributed by atoms with E-state index in [4.69, 9.17) is 5.84 Å². The molecule has 0 radical (unpaired) electrons. The number of hydrogen-bond acceptors (Lipinski definition) is 3. The van der Waals surface area contributed by atoms with E-state index >= 15 is 0 Å². The number of aromatic nitrogens is 1. The average Bonchev–Trinajstić information content (AvgIpc) is 2.22. The zero-order valence-corrected chi connectivity index (χ0v) is 9.64. The summed E-state index contributed by atoms with van der Waals surface area (Å²) < 4.78 is 0. The van der Waals surface area contributed by atoms with Crippen LogP contribution in [0.25, 0.3) is 10.9 Å². The molecule has 4 heteroatoms. The first-order valence-corrected chi connectivity index (χ1v) is 5.15. The van der Waals surface area contributed by atoms with E-state index in [1.807, 2.05) is 26.8 Å². The Labute approximate surface area is 93.4 Å². The number of pyridine rings is 1. The van der Waals surface area contributed by atoms with Crippen LogP contribution >= 0.6 is 0 Å². The van der Waals surface area contributed by atoms with Gasteiger partial charge in [0.05, 0.1) is 11.2 Å². The van der Waals surface area contributed by atoms with Crippen molar-refractivity contribution in [3.05, 3.63) is 39.2 Å². The third kappa shape index (κ3) is 1.47. The summed E-state index contributed by atoms with van der Waals surface area (Å²) in [5.41, 5.74) is 7.42. The second-order valence-electron chi connectivity index (χ2n) is 4.08. The number of nitrogen functional groups attached to an aromatic ring is 1. The Hall–Kier alpha value is -1.81. The van der Waals surface area contributed by atoms with Crippen LogP contribution < -0.4 is 16.8 Å². The van der Waals surface area contributed by atoms with Crippen LogP contribution in [0, 0.1) is 20.8 Å². The number of hydrazine groups is 1. The smallest absolute Gasteiger partial charge is 0.248 e. The van der Waals surface area contributed by atoms with Crippen molar-refractivity contribution >= 4 is 16.6 Å². The number of hydrogen-bond donors (Lipinski definition) is 3. The molecule has 0 amide bonds. The minimum atomic E-state index is -0.0686. The number of anilines is 1. The SMILES string of the molecule is Cc1cc(NN)c(C)c2c(C)cc(=O)[nH]c12. The van der Waals surface area contributed by atoms with Crippen LogP contribution in [0.2, 0.25) is 0 Å². The largest absolute Gasteiger partial charge is 0.324 e. The van der Waals surface area contributed by atoms with Crippen LogP contribution in [0.3, 0.4) is 0 Å². The monoisotopic (exact) mass is 217 g/mol. The number of nitrogens with one attached hydrogen (secondary N) is 2. The number of rotatable bonds is 1. The zero-order chi connectivity index (χ0) is 11.9. The van der Waals surface area contributed by atoms with Crippen LogP contribution in [-0.2, 0) is 0 Å². The third-order valence-electron chi connectivity index (χ3n) is 2.93. The standard InChI is InChI=1S/C12H15N3O/c1-6-5-10(16)14-12-7(2)4-9(15-13)8(3)11(6)12/h4-5,15H,13H2,1-3H3,(H,14,16). The number of aromatic amines is 1. The van der Waals surface area contributed by atoms with Gasteiger partial charge in [0.15, 0.2) is 0 Å². The number of nitrogens with two attached hydrogens (primary N) is 1. The number of aryl methyl sites for hydroxylation is 3. The van der Waals surface area contributed by atoms with Gasteiger partial charge in [-0.25, -0.2) is 0 Å². The van der Waals surface area contributed by atoms with E-state index in [0.29, 0.717) is 0 Å². The number of benzene rings is 1. The van der Waals surface area contributed by atoms with Gasteiger partial charge in [-0.15, -0.1) is 0 Å². The van der Waals surface area contributed by atoms with E-state index in [2.05, 4.69) is 10.4 Å². The summed E-state index contributed by atoms with van der Waals surface area (Å²) >= 11 is 0.